The van der Waals surface area contributed by atoms with Gasteiger partial charge in [-0.1, -0.05) is 49.7 Å². The summed E-state index contributed by atoms with van der Waals surface area (Å²) in [4.78, 5) is 18.2. The summed E-state index contributed by atoms with van der Waals surface area (Å²) in [5, 5.41) is 11.5. The molecule has 1 N–H and O–H groups in total. The highest BCUT2D eigenvalue weighted by atomic mass is 32.2. The lowest BCUT2D eigenvalue weighted by Crippen LogP contribution is -2.50. The Hall–Kier alpha value is -3.20. The summed E-state index contributed by atoms with van der Waals surface area (Å²) >= 11 is 1.54. The molecule has 9 heteroatoms. The molecule has 0 saturated heterocycles. The average molecular weight is 469 g/mol. The Balaban J connectivity index is 1.85. The van der Waals surface area contributed by atoms with E-state index in [-0.39, 0.29) is 5.91 Å². The van der Waals surface area contributed by atoms with Crippen LogP contribution in [0.3, 0.4) is 0 Å². The van der Waals surface area contributed by atoms with Crippen LogP contribution in [0.15, 0.2) is 46.5 Å². The zero-order valence-electron chi connectivity index (χ0n) is 19.3. The summed E-state index contributed by atoms with van der Waals surface area (Å²) in [6, 6.07) is 11.2. The monoisotopic (exact) mass is 468 g/mol. The van der Waals surface area contributed by atoms with Crippen molar-refractivity contribution in [1.29, 1.82) is 0 Å². The Labute approximate surface area is 197 Å². The molecule has 0 bridgehead atoms. The number of methoxy groups -OCH3 is 3. The minimum atomic E-state index is -0.609. The molecule has 1 unspecified atom stereocenters. The van der Waals surface area contributed by atoms with Gasteiger partial charge < -0.3 is 14.2 Å². The van der Waals surface area contributed by atoms with E-state index in [1.807, 2.05) is 30.3 Å². The van der Waals surface area contributed by atoms with Crippen molar-refractivity contribution in [3.05, 3.63) is 52.5 Å². The van der Waals surface area contributed by atoms with Crippen LogP contribution in [0, 0.1) is 0 Å². The first-order valence-corrected chi connectivity index (χ1v) is 11.9. The van der Waals surface area contributed by atoms with Gasteiger partial charge in [0.1, 0.15) is 11.4 Å². The molecule has 0 fully saturated rings. The number of amides is 1. The molecule has 2 aliphatic rings. The number of unbranched alkanes of at least 4 members (excludes halogenated alkanes) is 2. The van der Waals surface area contributed by atoms with Crippen molar-refractivity contribution in [1.82, 2.24) is 10.3 Å². The maximum atomic E-state index is 13.2. The van der Waals surface area contributed by atoms with E-state index < -0.39 is 6.17 Å². The predicted octanol–water partition coefficient (Wildman–Crippen LogP) is 2.78. The van der Waals surface area contributed by atoms with Crippen molar-refractivity contribution < 1.29 is 19.0 Å². The summed E-state index contributed by atoms with van der Waals surface area (Å²) in [5.74, 6) is 2.34. The van der Waals surface area contributed by atoms with Crippen LogP contribution >= 0.6 is 11.8 Å². The summed E-state index contributed by atoms with van der Waals surface area (Å²) in [6.45, 7) is 2.17. The number of nitrogens with zero attached hydrogens (tertiary/aromatic N) is 3. The van der Waals surface area contributed by atoms with Crippen LogP contribution in [-0.2, 0) is 4.79 Å². The maximum Gasteiger partial charge on any atom is 0.276 e. The number of ether oxygens (including phenoxy) is 3. The lowest BCUT2D eigenvalue weighted by Gasteiger charge is -2.34. The molecule has 0 aliphatic carbocycles. The molecule has 2 aromatic rings. The number of carbonyl (C=O) groups is 1. The fraction of sp³-hybridized carbons (Fsp3) is 0.375. The van der Waals surface area contributed by atoms with Crippen molar-refractivity contribution in [2.24, 2.45) is 10.1 Å². The van der Waals surface area contributed by atoms with Crippen LogP contribution in [0.25, 0.3) is 5.70 Å². The van der Waals surface area contributed by atoms with E-state index in [0.29, 0.717) is 28.1 Å². The number of thioether (sulfide) groups is 1. The van der Waals surface area contributed by atoms with Gasteiger partial charge in [0, 0.05) is 22.6 Å². The average Bonchev–Trinajstić information content (AvgIpc) is 2.85. The number of fused-ring (bicyclic) bond motifs is 2. The van der Waals surface area contributed by atoms with E-state index >= 15 is 0 Å². The number of nitrogens with one attached hydrogen (secondary N) is 1. The number of benzene rings is 2. The van der Waals surface area contributed by atoms with Gasteiger partial charge in [-0.2, -0.15) is 0 Å². The second-order valence-corrected chi connectivity index (χ2v) is 8.66. The summed E-state index contributed by atoms with van der Waals surface area (Å²) in [7, 11) is 4.75. The molecular formula is C24H28N4O4S. The quantitative estimate of drug-likeness (QED) is 0.600. The largest absolute Gasteiger partial charge is 0.496 e. The summed E-state index contributed by atoms with van der Waals surface area (Å²) < 4.78 is 16.6. The smallest absolute Gasteiger partial charge is 0.276 e. The van der Waals surface area contributed by atoms with Gasteiger partial charge in [-0.3, -0.25) is 15.1 Å². The molecule has 0 spiro atoms. The van der Waals surface area contributed by atoms with Crippen LogP contribution < -0.4 is 30.1 Å². The topological polar surface area (TPSA) is 84.8 Å². The molecular weight excluding hydrogens is 440 g/mol. The van der Waals surface area contributed by atoms with E-state index in [4.69, 9.17) is 24.3 Å². The number of hydrazone groups is 1. The molecule has 0 saturated carbocycles. The highest BCUT2D eigenvalue weighted by Crippen LogP contribution is 2.41. The first-order chi connectivity index (χ1) is 16.1. The molecule has 174 valence electrons. The van der Waals surface area contributed by atoms with Crippen molar-refractivity contribution in [3.8, 4) is 17.2 Å². The number of para-hydroxylation sites is 1. The van der Waals surface area contributed by atoms with Gasteiger partial charge in [0.15, 0.2) is 22.8 Å². The number of carbonyl (C=O) groups excluding carboxylic acids is 1. The fourth-order valence-corrected chi connectivity index (χ4v) is 4.72. The summed E-state index contributed by atoms with van der Waals surface area (Å²) in [6.07, 6.45) is 2.73. The number of hydrogen-bond acceptors (Lipinski definition) is 8. The van der Waals surface area contributed by atoms with Gasteiger partial charge in [0.25, 0.3) is 5.91 Å². The van der Waals surface area contributed by atoms with Crippen LogP contribution in [-0.4, -0.2) is 43.2 Å². The zero-order valence-corrected chi connectivity index (χ0v) is 20.1. The normalized spacial score (nSPS) is 16.8. The molecule has 33 heavy (non-hydrogen) atoms. The van der Waals surface area contributed by atoms with Crippen molar-refractivity contribution in [2.45, 2.75) is 32.4 Å². The Morgan fingerprint density at radius 3 is 2.48 bits per heavy atom. The standard InChI is InChI=1S/C24H28N4O4S/c1-5-6-9-12-33-24-26-23(29)21-15-10-7-8-11-17(15)25-22(28(21)27-24)16-13-19(31-3)20(32-4)14-18(16)30-2/h7-8,10-11,13-14,22H,5-6,9,12H2,1-4H3,(H,26,27,29). The third-order valence-electron chi connectivity index (χ3n) is 5.52. The van der Waals surface area contributed by atoms with Gasteiger partial charge in [0.05, 0.1) is 26.7 Å². The van der Waals surface area contributed by atoms with Crippen LogP contribution in [0.4, 0.5) is 0 Å². The Kier molecular flexibility index (Phi) is 7.08. The van der Waals surface area contributed by atoms with E-state index in [2.05, 4.69) is 12.2 Å². The van der Waals surface area contributed by atoms with Crippen molar-refractivity contribution in [2.75, 3.05) is 27.1 Å². The first kappa shape index (κ1) is 23.0. The number of rotatable bonds is 8. The third-order valence-corrected chi connectivity index (χ3v) is 6.47. The lowest BCUT2D eigenvalue weighted by atomic mass is 10.1. The van der Waals surface area contributed by atoms with Gasteiger partial charge >= 0.3 is 0 Å². The lowest BCUT2D eigenvalue weighted by molar-refractivity contribution is -0.116. The molecule has 0 aromatic heterocycles. The Morgan fingerprint density at radius 1 is 1.03 bits per heavy atom. The molecule has 1 atom stereocenters. The molecule has 2 aliphatic heterocycles. The first-order valence-electron chi connectivity index (χ1n) is 10.9. The molecule has 2 aromatic carbocycles. The molecule has 2 heterocycles. The molecule has 4 rings (SSSR count). The van der Waals surface area contributed by atoms with E-state index in [1.54, 1.807) is 44.2 Å². The zero-order chi connectivity index (χ0) is 23.4. The second-order valence-electron chi connectivity index (χ2n) is 7.58. The molecule has 1 amide bonds. The number of hydrogen-bond donors (Lipinski definition) is 1. The summed E-state index contributed by atoms with van der Waals surface area (Å²) in [5.41, 5.74) is 1.18. The minimum absolute atomic E-state index is 0.199. The predicted molar refractivity (Wildman–Crippen MR) is 129 cm³/mol. The van der Waals surface area contributed by atoms with Crippen LogP contribution in [0.2, 0.25) is 0 Å². The van der Waals surface area contributed by atoms with Crippen LogP contribution in [0.5, 0.6) is 17.2 Å². The van der Waals surface area contributed by atoms with Gasteiger partial charge in [-0.15, -0.1) is 5.10 Å². The molecule has 8 nitrogen and oxygen atoms in total. The van der Waals surface area contributed by atoms with Gasteiger partial charge in [-0.25, -0.2) is 5.01 Å². The molecule has 0 radical (unpaired) electrons. The second kappa shape index (κ2) is 10.2. The van der Waals surface area contributed by atoms with E-state index in [9.17, 15) is 4.79 Å². The van der Waals surface area contributed by atoms with Crippen molar-refractivity contribution in [3.63, 3.8) is 0 Å². The Bertz CT molecular complexity index is 1200. The van der Waals surface area contributed by atoms with Crippen molar-refractivity contribution >= 4 is 28.5 Å². The van der Waals surface area contributed by atoms with Gasteiger partial charge in [0.2, 0.25) is 0 Å². The van der Waals surface area contributed by atoms with Gasteiger partial charge in [-0.05, 0) is 18.6 Å². The van der Waals surface area contributed by atoms with E-state index in [1.165, 1.54) is 0 Å². The minimum Gasteiger partial charge on any atom is -0.496 e. The highest BCUT2D eigenvalue weighted by Gasteiger charge is 2.36. The number of amidine groups is 1. The fourth-order valence-electron chi connectivity index (χ4n) is 3.87. The van der Waals surface area contributed by atoms with Crippen LogP contribution in [0.1, 0.15) is 37.9 Å². The highest BCUT2D eigenvalue weighted by molar-refractivity contribution is 8.13. The van der Waals surface area contributed by atoms with E-state index in [0.717, 1.165) is 41.2 Å². The SMILES string of the molecule is CCCCCSC1=NN2C(=c3ccccc3=NC2c2cc(OC)c(OC)cc2OC)C(=O)N1. The third kappa shape index (κ3) is 4.50. The maximum absolute atomic E-state index is 13.2. The Morgan fingerprint density at radius 2 is 1.76 bits per heavy atom.